The van der Waals surface area contributed by atoms with Gasteiger partial charge in [0.25, 0.3) is 0 Å². The molecule has 1 aliphatic rings. The van der Waals surface area contributed by atoms with Crippen LogP contribution in [-0.4, -0.2) is 32.9 Å². The molecule has 2 rings (SSSR count). The number of aromatic nitrogens is 1. The molecule has 0 saturated heterocycles. The Kier molecular flexibility index (Phi) is 19.5. The maximum absolute atomic E-state index is 9.75. The second-order valence-electron chi connectivity index (χ2n) is 14.4. The summed E-state index contributed by atoms with van der Waals surface area (Å²) in [6.07, 6.45) is 15.2. The Morgan fingerprint density at radius 1 is 0.600 bits per heavy atom. The van der Waals surface area contributed by atoms with Crippen molar-refractivity contribution in [2.45, 2.75) is 155 Å². The molecule has 0 aliphatic heterocycles. The summed E-state index contributed by atoms with van der Waals surface area (Å²) in [7, 11) is -6.31. The van der Waals surface area contributed by atoms with E-state index in [0.717, 1.165) is 12.3 Å². The normalized spacial score (nSPS) is 15.7. The molecule has 0 spiro atoms. The number of halogens is 4. The predicted octanol–water partition coefficient (Wildman–Crippen LogP) is 12.3. The van der Waals surface area contributed by atoms with Crippen LogP contribution < -0.4 is 0 Å². The summed E-state index contributed by atoms with van der Waals surface area (Å²) < 4.78 is 39.0. The second-order valence-corrected chi connectivity index (χ2v) is 22.1. The van der Waals surface area contributed by atoms with Crippen molar-refractivity contribution >= 4 is 23.1 Å². The van der Waals surface area contributed by atoms with E-state index in [9.17, 15) is 17.3 Å². The second kappa shape index (κ2) is 18.3. The Morgan fingerprint density at radius 3 is 1.12 bits per heavy atom. The maximum Gasteiger partial charge on any atom is 0.673 e. The molecule has 0 bridgehead atoms. The van der Waals surface area contributed by atoms with Gasteiger partial charge in [0.1, 0.15) is 0 Å². The average Bonchev–Trinajstić information content (AvgIpc) is 2.66. The van der Waals surface area contributed by atoms with E-state index in [1.165, 1.54) is 49.9 Å². The van der Waals surface area contributed by atoms with Crippen LogP contribution in [0.5, 0.6) is 0 Å². The fraction of sp³-hybridized carbons (Fsp3) is 0.774. The van der Waals surface area contributed by atoms with Crippen LogP contribution in [0, 0.1) is 12.8 Å². The van der Waals surface area contributed by atoms with Crippen molar-refractivity contribution in [3.63, 3.8) is 0 Å². The van der Waals surface area contributed by atoms with Crippen LogP contribution in [0.2, 0.25) is 0 Å². The quantitative estimate of drug-likeness (QED) is 0.168. The minimum atomic E-state index is -6.00. The summed E-state index contributed by atoms with van der Waals surface area (Å²) in [4.78, 5) is 5.14. The molecule has 1 aliphatic carbocycles. The SMILES string of the molecule is CC(C)(C)P(Cc1cccc(CP(C(C)(C)C)C(C)(C)C)n1)C(C)(C)C.F[B-](F)(F)F.[CH]1[CH]CCCCCC1.[Ir]. The molecule has 0 unspecified atom stereocenters. The molecule has 237 valence electrons. The van der Waals surface area contributed by atoms with Gasteiger partial charge in [-0.2, -0.15) is 0 Å². The molecule has 1 saturated carbocycles. The molecule has 0 atom stereocenters. The minimum absolute atomic E-state index is 0. The summed E-state index contributed by atoms with van der Waals surface area (Å²) >= 11 is 0. The Labute approximate surface area is 261 Å². The van der Waals surface area contributed by atoms with Gasteiger partial charge in [-0.25, -0.2) is 0 Å². The van der Waals surface area contributed by atoms with Gasteiger partial charge in [0.15, 0.2) is 0 Å². The minimum Gasteiger partial charge on any atom is -0.418 e. The van der Waals surface area contributed by atoms with Crippen molar-refractivity contribution in [2.75, 3.05) is 0 Å². The van der Waals surface area contributed by atoms with Crippen LogP contribution in [0.25, 0.3) is 0 Å². The van der Waals surface area contributed by atoms with E-state index in [-0.39, 0.29) is 35.9 Å². The smallest absolute Gasteiger partial charge is 0.418 e. The molecule has 0 amide bonds. The molecule has 40 heavy (non-hydrogen) atoms. The molecule has 0 aromatic carbocycles. The van der Waals surface area contributed by atoms with Crippen LogP contribution in [0.15, 0.2) is 18.2 Å². The van der Waals surface area contributed by atoms with E-state index in [4.69, 9.17) is 4.98 Å². The first-order valence-electron chi connectivity index (χ1n) is 14.4. The zero-order chi connectivity index (χ0) is 30.7. The third kappa shape index (κ3) is 21.2. The number of nitrogens with zero attached hydrogens (tertiary/aromatic N) is 1. The maximum atomic E-state index is 9.75. The van der Waals surface area contributed by atoms with Crippen molar-refractivity contribution in [2.24, 2.45) is 0 Å². The molecule has 1 aromatic rings. The zero-order valence-electron chi connectivity index (χ0n) is 27.3. The van der Waals surface area contributed by atoms with Gasteiger partial charge < -0.3 is 17.3 Å². The standard InChI is InChI=1S/C23H43NP2.C8H14.BF4.Ir/c1-20(2,3)25(21(4,5)6)16-18-14-13-15-19(24-18)17-26(22(7,8)9)23(10,11)12;1-2-4-6-8-7-5-3-1;2-1(3,4)5;/h13-15H,16-17H2,1-12H3;1-2H,3-8H2;;/q;;-1;. The Balaban J connectivity index is 0. The molecule has 0 N–H and O–H groups in total. The zero-order valence-corrected chi connectivity index (χ0v) is 31.5. The van der Waals surface area contributed by atoms with Crippen molar-refractivity contribution < 1.29 is 37.4 Å². The fourth-order valence-corrected chi connectivity index (χ4v) is 12.0. The van der Waals surface area contributed by atoms with Gasteiger partial charge >= 0.3 is 7.25 Å². The summed E-state index contributed by atoms with van der Waals surface area (Å²) in [5, 5.41) is 1.37. The van der Waals surface area contributed by atoms with Crippen LogP contribution >= 0.6 is 15.8 Å². The summed E-state index contributed by atoms with van der Waals surface area (Å²) in [5.74, 6) is 0. The molecule has 9 heteroatoms. The summed E-state index contributed by atoms with van der Waals surface area (Å²) in [6.45, 7) is 28.7. The number of hydrogen-bond acceptors (Lipinski definition) is 1. The van der Waals surface area contributed by atoms with E-state index in [0.29, 0.717) is 20.6 Å². The van der Waals surface area contributed by atoms with E-state index < -0.39 is 7.25 Å². The van der Waals surface area contributed by atoms with Crippen LogP contribution in [0.1, 0.15) is 133 Å². The van der Waals surface area contributed by atoms with Gasteiger partial charge in [-0.3, -0.25) is 4.98 Å². The number of hydrogen-bond donors (Lipinski definition) is 0. The van der Waals surface area contributed by atoms with Gasteiger partial charge in [-0.05, 0) is 58.4 Å². The number of rotatable bonds is 4. The predicted molar refractivity (Wildman–Crippen MR) is 171 cm³/mol. The van der Waals surface area contributed by atoms with Crippen LogP contribution in [0.4, 0.5) is 17.3 Å². The third-order valence-electron chi connectivity index (χ3n) is 6.40. The summed E-state index contributed by atoms with van der Waals surface area (Å²) in [5.41, 5.74) is 2.58. The molecular formula is C31H57BF4IrNP2-. The molecule has 1 heterocycles. The Morgan fingerprint density at radius 2 is 0.875 bits per heavy atom. The fourth-order valence-electron chi connectivity index (χ4n) is 5.10. The third-order valence-corrected chi connectivity index (χ3v) is 14.2. The van der Waals surface area contributed by atoms with Crippen molar-refractivity contribution in [3.05, 3.63) is 42.4 Å². The molecule has 1 fully saturated rings. The van der Waals surface area contributed by atoms with Crippen molar-refractivity contribution in [1.29, 1.82) is 0 Å². The van der Waals surface area contributed by atoms with E-state index in [1.807, 2.05) is 0 Å². The van der Waals surface area contributed by atoms with Gasteiger partial charge in [-0.1, -0.05) is 131 Å². The Hall–Kier alpha value is 0.444. The van der Waals surface area contributed by atoms with Crippen molar-refractivity contribution in [1.82, 2.24) is 4.98 Å². The van der Waals surface area contributed by atoms with Crippen LogP contribution in [0.3, 0.4) is 0 Å². The molecule has 3 radical (unpaired) electrons. The molecule has 1 nitrogen and oxygen atoms in total. The van der Waals surface area contributed by atoms with Gasteiger partial charge in [0.2, 0.25) is 0 Å². The van der Waals surface area contributed by atoms with Crippen molar-refractivity contribution in [3.8, 4) is 0 Å². The Bertz CT molecular complexity index is 703. The van der Waals surface area contributed by atoms with E-state index in [2.05, 4.69) is 114 Å². The first-order valence-corrected chi connectivity index (χ1v) is 17.5. The first-order chi connectivity index (χ1) is 17.4. The summed E-state index contributed by atoms with van der Waals surface area (Å²) in [6, 6.07) is 6.72. The largest absolute Gasteiger partial charge is 0.673 e. The van der Waals surface area contributed by atoms with Gasteiger partial charge in [-0.15, -0.1) is 0 Å². The van der Waals surface area contributed by atoms with Gasteiger partial charge in [0.05, 0.1) is 0 Å². The van der Waals surface area contributed by atoms with Crippen LogP contribution in [-0.2, 0) is 32.4 Å². The average molecular weight is 785 g/mol. The monoisotopic (exact) mass is 785 g/mol. The first kappa shape index (κ1) is 42.6. The van der Waals surface area contributed by atoms with E-state index >= 15 is 0 Å². The molecule has 1 aromatic heterocycles. The van der Waals surface area contributed by atoms with E-state index in [1.54, 1.807) is 0 Å². The molecular weight excluding hydrogens is 727 g/mol. The van der Waals surface area contributed by atoms with Gasteiger partial charge in [0, 0.05) is 43.8 Å². The topological polar surface area (TPSA) is 12.9 Å². The number of pyridine rings is 1.